The smallest absolute Gasteiger partial charge is 0.341 e. The van der Waals surface area contributed by atoms with Gasteiger partial charge in [0.2, 0.25) is 0 Å². The van der Waals surface area contributed by atoms with Crippen LogP contribution >= 0.6 is 11.3 Å². The maximum atomic E-state index is 12.9. The molecule has 0 fully saturated rings. The molecule has 6 heteroatoms. The molecule has 1 heterocycles. The molecule has 1 aliphatic rings. The average molecular weight is 416 g/mol. The highest BCUT2D eigenvalue weighted by Crippen LogP contribution is 2.38. The van der Waals surface area contributed by atoms with E-state index >= 15 is 0 Å². The highest BCUT2D eigenvalue weighted by molar-refractivity contribution is 7.17. The zero-order valence-electron chi connectivity index (χ0n) is 17.8. The number of carbonyl (C=O) groups excluding carboxylic acids is 2. The van der Waals surface area contributed by atoms with E-state index in [-0.39, 0.29) is 11.8 Å². The summed E-state index contributed by atoms with van der Waals surface area (Å²) in [7, 11) is 1.37. The molecule has 1 aliphatic carbocycles. The molecule has 3 rings (SSSR count). The van der Waals surface area contributed by atoms with Crippen molar-refractivity contribution in [2.45, 2.75) is 65.4 Å². The van der Waals surface area contributed by atoms with E-state index in [4.69, 9.17) is 9.47 Å². The minimum Gasteiger partial charge on any atom is -0.481 e. The van der Waals surface area contributed by atoms with Crippen molar-refractivity contribution in [2.24, 2.45) is 0 Å². The topological polar surface area (TPSA) is 64.6 Å². The van der Waals surface area contributed by atoms with Crippen LogP contribution in [-0.2, 0) is 22.4 Å². The van der Waals surface area contributed by atoms with Crippen LogP contribution in [0.2, 0.25) is 0 Å². The zero-order chi connectivity index (χ0) is 21.1. The van der Waals surface area contributed by atoms with Crippen molar-refractivity contribution in [1.29, 1.82) is 0 Å². The summed E-state index contributed by atoms with van der Waals surface area (Å²) < 4.78 is 11.0. The quantitative estimate of drug-likeness (QED) is 0.654. The minimum atomic E-state index is -0.695. The van der Waals surface area contributed by atoms with Crippen molar-refractivity contribution < 1.29 is 19.1 Å². The fraction of sp³-hybridized carbons (Fsp3) is 0.478. The predicted octanol–water partition coefficient (Wildman–Crippen LogP) is 5.25. The van der Waals surface area contributed by atoms with E-state index in [1.807, 2.05) is 25.1 Å². The molecular weight excluding hydrogens is 386 g/mol. The number of benzene rings is 1. The molecule has 0 saturated carbocycles. The maximum absolute atomic E-state index is 12.9. The van der Waals surface area contributed by atoms with E-state index in [0.29, 0.717) is 10.6 Å². The summed E-state index contributed by atoms with van der Waals surface area (Å²) in [5.41, 5.74) is 3.68. The molecule has 1 amide bonds. The Morgan fingerprint density at radius 1 is 1.14 bits per heavy atom. The molecule has 1 aromatic carbocycles. The van der Waals surface area contributed by atoms with Crippen LogP contribution in [0.3, 0.4) is 0 Å². The van der Waals surface area contributed by atoms with Gasteiger partial charge in [0.1, 0.15) is 10.8 Å². The molecule has 0 radical (unpaired) electrons. The Morgan fingerprint density at radius 2 is 1.86 bits per heavy atom. The van der Waals surface area contributed by atoms with Gasteiger partial charge in [-0.05, 0) is 68.2 Å². The number of carbonyl (C=O) groups is 2. The molecule has 2 aromatic rings. The molecule has 1 N–H and O–H groups in total. The first-order valence-electron chi connectivity index (χ1n) is 10.1. The highest BCUT2D eigenvalue weighted by atomic mass is 32.1. The number of methoxy groups -OCH3 is 1. The van der Waals surface area contributed by atoms with Crippen molar-refractivity contribution in [3.05, 3.63) is 45.3 Å². The molecular formula is C23H29NO4S. The van der Waals surface area contributed by atoms with Gasteiger partial charge in [-0.1, -0.05) is 26.0 Å². The average Bonchev–Trinajstić information content (AvgIpc) is 3.04. The Balaban J connectivity index is 1.81. The number of fused-ring (bicyclic) bond motifs is 1. The van der Waals surface area contributed by atoms with Gasteiger partial charge in [-0.3, -0.25) is 4.79 Å². The number of hydrogen-bond donors (Lipinski definition) is 1. The van der Waals surface area contributed by atoms with Gasteiger partial charge in [0.05, 0.1) is 12.7 Å². The number of rotatable bonds is 6. The molecule has 0 saturated heterocycles. The Kier molecular flexibility index (Phi) is 6.63. The Hall–Kier alpha value is -2.34. The van der Waals surface area contributed by atoms with E-state index < -0.39 is 12.1 Å². The van der Waals surface area contributed by atoms with E-state index in [9.17, 15) is 9.59 Å². The molecule has 5 nitrogen and oxygen atoms in total. The molecule has 1 unspecified atom stereocenters. The SMILES string of the molecule is COC(=O)c1c(NC(=O)C(C)Oc2cc(C)ccc2C(C)C)sc2c1CCCC2. The lowest BCUT2D eigenvalue weighted by Gasteiger charge is -2.19. The third kappa shape index (κ3) is 4.64. The van der Waals surface area contributed by atoms with Gasteiger partial charge in [0, 0.05) is 4.88 Å². The summed E-state index contributed by atoms with van der Waals surface area (Å²) in [6, 6.07) is 6.05. The van der Waals surface area contributed by atoms with Gasteiger partial charge in [0.15, 0.2) is 6.10 Å². The molecule has 0 spiro atoms. The van der Waals surface area contributed by atoms with Crippen molar-refractivity contribution in [2.75, 3.05) is 12.4 Å². The van der Waals surface area contributed by atoms with Crippen molar-refractivity contribution in [3.63, 3.8) is 0 Å². The molecule has 156 valence electrons. The summed E-state index contributed by atoms with van der Waals surface area (Å²) in [6.07, 6.45) is 3.24. The second kappa shape index (κ2) is 8.99. The van der Waals surface area contributed by atoms with E-state index in [0.717, 1.165) is 48.1 Å². The standard InChI is InChI=1S/C23H29NO4S/c1-13(2)16-11-10-14(3)12-18(16)28-15(4)21(25)24-22-20(23(26)27-5)17-8-6-7-9-19(17)29-22/h10-13,15H,6-9H2,1-5H3,(H,24,25). The summed E-state index contributed by atoms with van der Waals surface area (Å²) in [5.74, 6) is 0.344. The van der Waals surface area contributed by atoms with Crippen LogP contribution in [0.5, 0.6) is 5.75 Å². The van der Waals surface area contributed by atoms with E-state index in [1.54, 1.807) is 6.92 Å². The summed E-state index contributed by atoms with van der Waals surface area (Å²) >= 11 is 1.48. The Labute approximate surface area is 176 Å². The van der Waals surface area contributed by atoms with Crippen molar-refractivity contribution in [1.82, 2.24) is 0 Å². The molecule has 1 aromatic heterocycles. The van der Waals surface area contributed by atoms with Crippen LogP contribution in [0.1, 0.15) is 71.5 Å². The lowest BCUT2D eigenvalue weighted by Crippen LogP contribution is -2.30. The predicted molar refractivity (Wildman–Crippen MR) is 116 cm³/mol. The Morgan fingerprint density at radius 3 is 2.55 bits per heavy atom. The number of anilines is 1. The highest BCUT2D eigenvalue weighted by Gasteiger charge is 2.28. The van der Waals surface area contributed by atoms with Gasteiger partial charge in [-0.2, -0.15) is 0 Å². The van der Waals surface area contributed by atoms with Gasteiger partial charge in [-0.25, -0.2) is 4.79 Å². The normalized spacial score (nSPS) is 14.3. The largest absolute Gasteiger partial charge is 0.481 e. The summed E-state index contributed by atoms with van der Waals surface area (Å²) in [6.45, 7) is 7.93. The fourth-order valence-corrected chi connectivity index (χ4v) is 4.93. The van der Waals surface area contributed by atoms with Gasteiger partial charge in [-0.15, -0.1) is 11.3 Å². The molecule has 29 heavy (non-hydrogen) atoms. The van der Waals surface area contributed by atoms with Crippen molar-refractivity contribution in [3.8, 4) is 5.75 Å². The first-order chi connectivity index (χ1) is 13.8. The van der Waals surface area contributed by atoms with E-state index in [1.165, 1.54) is 23.3 Å². The monoisotopic (exact) mass is 415 g/mol. The molecule has 0 bridgehead atoms. The number of nitrogens with one attached hydrogen (secondary N) is 1. The first-order valence-corrected chi connectivity index (χ1v) is 10.9. The number of thiophene rings is 1. The van der Waals surface area contributed by atoms with Crippen LogP contribution in [0.25, 0.3) is 0 Å². The van der Waals surface area contributed by atoms with Crippen LogP contribution < -0.4 is 10.1 Å². The number of aryl methyl sites for hydroxylation is 2. The Bertz CT molecular complexity index is 916. The number of amides is 1. The molecule has 1 atom stereocenters. The second-order valence-corrected chi connectivity index (χ2v) is 8.96. The second-order valence-electron chi connectivity index (χ2n) is 7.85. The third-order valence-electron chi connectivity index (χ3n) is 5.26. The summed E-state index contributed by atoms with van der Waals surface area (Å²) in [4.78, 5) is 26.4. The van der Waals surface area contributed by atoms with Gasteiger partial charge < -0.3 is 14.8 Å². The zero-order valence-corrected chi connectivity index (χ0v) is 18.6. The van der Waals surface area contributed by atoms with Gasteiger partial charge in [0.25, 0.3) is 5.91 Å². The van der Waals surface area contributed by atoms with Crippen molar-refractivity contribution >= 4 is 28.2 Å². The maximum Gasteiger partial charge on any atom is 0.341 e. The lowest BCUT2D eigenvalue weighted by atomic mass is 9.95. The lowest BCUT2D eigenvalue weighted by molar-refractivity contribution is -0.122. The van der Waals surface area contributed by atoms with E-state index in [2.05, 4.69) is 19.2 Å². The van der Waals surface area contributed by atoms with Crippen LogP contribution in [0.15, 0.2) is 18.2 Å². The van der Waals surface area contributed by atoms with Crippen LogP contribution in [0, 0.1) is 6.92 Å². The third-order valence-corrected chi connectivity index (χ3v) is 6.47. The minimum absolute atomic E-state index is 0.273. The summed E-state index contributed by atoms with van der Waals surface area (Å²) in [5, 5.41) is 3.49. The van der Waals surface area contributed by atoms with Crippen LogP contribution in [0.4, 0.5) is 5.00 Å². The van der Waals surface area contributed by atoms with Crippen LogP contribution in [-0.4, -0.2) is 25.1 Å². The molecule has 0 aliphatic heterocycles. The fourth-order valence-electron chi connectivity index (χ4n) is 3.65. The van der Waals surface area contributed by atoms with Gasteiger partial charge >= 0.3 is 5.97 Å². The number of esters is 1. The number of hydrogen-bond acceptors (Lipinski definition) is 5. The first kappa shape index (κ1) is 21.4. The number of ether oxygens (including phenoxy) is 2.